The van der Waals surface area contributed by atoms with Gasteiger partial charge in [0.05, 0.1) is 17.7 Å². The SMILES string of the molecule is N#CCCCCCCN1C(=O)CCC1/C(O)=C/CCc1cccc(C(F)(F)F)c1. The molecule has 7 heteroatoms. The summed E-state index contributed by atoms with van der Waals surface area (Å²) in [5.41, 5.74) is -0.119. The van der Waals surface area contributed by atoms with Crippen LogP contribution in [0.5, 0.6) is 0 Å². The molecule has 1 aliphatic rings. The van der Waals surface area contributed by atoms with E-state index in [1.165, 1.54) is 6.07 Å². The number of unbranched alkanes of at least 4 members (excludes halogenated alkanes) is 4. The van der Waals surface area contributed by atoms with E-state index in [0.717, 1.165) is 37.8 Å². The summed E-state index contributed by atoms with van der Waals surface area (Å²) in [6.45, 7) is 0.571. The molecule has 0 saturated carbocycles. The van der Waals surface area contributed by atoms with Gasteiger partial charge >= 0.3 is 6.18 Å². The Bertz CT molecular complexity index is 753. The Balaban J connectivity index is 1.86. The molecule has 0 radical (unpaired) electrons. The Kier molecular flexibility index (Phi) is 8.56. The summed E-state index contributed by atoms with van der Waals surface area (Å²) in [6.07, 6.45) is 3.08. The van der Waals surface area contributed by atoms with Crippen molar-refractivity contribution in [2.75, 3.05) is 6.54 Å². The molecule has 1 aliphatic heterocycles. The summed E-state index contributed by atoms with van der Waals surface area (Å²) in [7, 11) is 0. The molecular formula is C22H27F3N2O2. The van der Waals surface area contributed by atoms with Crippen molar-refractivity contribution in [1.29, 1.82) is 5.26 Å². The standard InChI is InChI=1S/C22H27F3N2O2/c23-22(24,25)18-10-6-8-17(16-18)9-7-11-20(28)19-12-13-21(29)27(19)15-5-3-1-2-4-14-26/h6,8,10-11,16,19,28H,1-5,7,9,12-13,15H2/b20-11-. The Morgan fingerprint density at radius 2 is 2.03 bits per heavy atom. The highest BCUT2D eigenvalue weighted by atomic mass is 19.4. The van der Waals surface area contributed by atoms with Gasteiger partial charge in [-0.25, -0.2) is 0 Å². The number of amides is 1. The fourth-order valence-corrected chi connectivity index (χ4v) is 3.59. The summed E-state index contributed by atoms with van der Waals surface area (Å²) in [5.74, 6) is 0.136. The van der Waals surface area contributed by atoms with Crippen LogP contribution in [0.25, 0.3) is 0 Å². The summed E-state index contributed by atoms with van der Waals surface area (Å²) in [6, 6.07) is 6.96. The number of aliphatic hydroxyl groups is 1. The predicted molar refractivity (Wildman–Crippen MR) is 104 cm³/mol. The number of benzene rings is 1. The van der Waals surface area contributed by atoms with E-state index in [1.54, 1.807) is 17.0 Å². The summed E-state index contributed by atoms with van der Waals surface area (Å²) >= 11 is 0. The average Bonchev–Trinajstić information content (AvgIpc) is 3.05. The minimum Gasteiger partial charge on any atom is -0.510 e. The summed E-state index contributed by atoms with van der Waals surface area (Å²) in [4.78, 5) is 13.8. The molecule has 1 atom stereocenters. The van der Waals surface area contributed by atoms with Crippen LogP contribution in [0.2, 0.25) is 0 Å². The zero-order valence-corrected chi connectivity index (χ0v) is 16.4. The fourth-order valence-electron chi connectivity index (χ4n) is 3.59. The highest BCUT2D eigenvalue weighted by molar-refractivity contribution is 5.79. The number of nitrogens with zero attached hydrogens (tertiary/aromatic N) is 2. The third-order valence-corrected chi connectivity index (χ3v) is 5.15. The highest BCUT2D eigenvalue weighted by Crippen LogP contribution is 2.30. The highest BCUT2D eigenvalue weighted by Gasteiger charge is 2.33. The maximum Gasteiger partial charge on any atom is 0.416 e. The molecule has 158 valence electrons. The van der Waals surface area contributed by atoms with Gasteiger partial charge in [0, 0.05) is 19.4 Å². The Morgan fingerprint density at radius 1 is 1.28 bits per heavy atom. The van der Waals surface area contributed by atoms with E-state index < -0.39 is 11.7 Å². The monoisotopic (exact) mass is 408 g/mol. The maximum absolute atomic E-state index is 12.8. The van der Waals surface area contributed by atoms with Crippen LogP contribution >= 0.6 is 0 Å². The number of aliphatic hydroxyl groups excluding tert-OH is 1. The third-order valence-electron chi connectivity index (χ3n) is 5.15. The predicted octanol–water partition coefficient (Wildman–Crippen LogP) is 5.54. The van der Waals surface area contributed by atoms with E-state index in [9.17, 15) is 23.1 Å². The van der Waals surface area contributed by atoms with E-state index >= 15 is 0 Å². The lowest BCUT2D eigenvalue weighted by Crippen LogP contribution is -2.35. The van der Waals surface area contributed by atoms with Crippen molar-refractivity contribution in [2.45, 2.75) is 70.0 Å². The minimum absolute atomic E-state index is 0.0184. The molecule has 0 aromatic heterocycles. The van der Waals surface area contributed by atoms with Gasteiger partial charge in [0.15, 0.2) is 0 Å². The molecule has 29 heavy (non-hydrogen) atoms. The Hall–Kier alpha value is -2.49. The van der Waals surface area contributed by atoms with Crippen LogP contribution in [0.3, 0.4) is 0 Å². The van der Waals surface area contributed by atoms with Crippen LogP contribution in [-0.4, -0.2) is 28.5 Å². The smallest absolute Gasteiger partial charge is 0.416 e. The van der Waals surface area contributed by atoms with Crippen LogP contribution < -0.4 is 0 Å². The Labute approximate surface area is 169 Å². The van der Waals surface area contributed by atoms with Gasteiger partial charge in [-0.05, 0) is 49.8 Å². The fraction of sp³-hybridized carbons (Fsp3) is 0.545. The van der Waals surface area contributed by atoms with Gasteiger partial charge in [-0.2, -0.15) is 18.4 Å². The first kappa shape index (κ1) is 22.8. The van der Waals surface area contributed by atoms with E-state index in [-0.39, 0.29) is 17.7 Å². The molecule has 0 spiro atoms. The van der Waals surface area contributed by atoms with Crippen molar-refractivity contribution in [3.63, 3.8) is 0 Å². The third kappa shape index (κ3) is 7.12. The second-order valence-electron chi connectivity index (χ2n) is 7.33. The molecule has 4 nitrogen and oxygen atoms in total. The zero-order chi connectivity index (χ0) is 21.3. The molecule has 1 aromatic carbocycles. The van der Waals surface area contributed by atoms with E-state index in [0.29, 0.717) is 44.2 Å². The molecule has 1 fully saturated rings. The number of rotatable bonds is 10. The minimum atomic E-state index is -4.37. The van der Waals surface area contributed by atoms with Crippen molar-refractivity contribution in [1.82, 2.24) is 4.90 Å². The van der Waals surface area contributed by atoms with E-state index in [4.69, 9.17) is 5.26 Å². The van der Waals surface area contributed by atoms with Crippen LogP contribution in [0.1, 0.15) is 62.5 Å². The van der Waals surface area contributed by atoms with Gasteiger partial charge in [0.25, 0.3) is 0 Å². The van der Waals surface area contributed by atoms with Gasteiger partial charge in [-0.1, -0.05) is 31.0 Å². The number of hydrogen-bond acceptors (Lipinski definition) is 3. The van der Waals surface area contributed by atoms with E-state index in [2.05, 4.69) is 6.07 Å². The number of allylic oxidation sites excluding steroid dienone is 1. The summed E-state index contributed by atoms with van der Waals surface area (Å²) < 4.78 is 38.4. The number of hydrogen-bond donors (Lipinski definition) is 1. The molecular weight excluding hydrogens is 381 g/mol. The number of nitriles is 1. The second kappa shape index (κ2) is 10.9. The van der Waals surface area contributed by atoms with Gasteiger partial charge in [-0.15, -0.1) is 0 Å². The summed E-state index contributed by atoms with van der Waals surface area (Å²) in [5, 5.41) is 19.0. The van der Waals surface area contributed by atoms with Crippen molar-refractivity contribution in [3.05, 3.63) is 47.2 Å². The number of aryl methyl sites for hydroxylation is 1. The molecule has 1 saturated heterocycles. The molecule has 1 heterocycles. The molecule has 0 aliphatic carbocycles. The Morgan fingerprint density at radius 3 is 2.76 bits per heavy atom. The van der Waals surface area contributed by atoms with Crippen molar-refractivity contribution < 1.29 is 23.1 Å². The topological polar surface area (TPSA) is 64.3 Å². The van der Waals surface area contributed by atoms with Crippen molar-refractivity contribution >= 4 is 5.91 Å². The lowest BCUT2D eigenvalue weighted by Gasteiger charge is -2.24. The number of carbonyl (C=O) groups excluding carboxylic acids is 1. The van der Waals surface area contributed by atoms with Gasteiger partial charge in [0.1, 0.15) is 5.76 Å². The first-order valence-electron chi connectivity index (χ1n) is 10.0. The van der Waals surface area contributed by atoms with Crippen LogP contribution in [-0.2, 0) is 17.4 Å². The van der Waals surface area contributed by atoms with Gasteiger partial charge in [0.2, 0.25) is 5.91 Å². The number of carbonyl (C=O) groups is 1. The first-order chi connectivity index (χ1) is 13.8. The number of likely N-dealkylation sites (tertiary alicyclic amines) is 1. The number of alkyl halides is 3. The molecule has 2 rings (SSSR count). The van der Waals surface area contributed by atoms with E-state index in [1.807, 2.05) is 0 Å². The molecule has 1 unspecified atom stereocenters. The normalized spacial score (nSPS) is 17.6. The second-order valence-corrected chi connectivity index (χ2v) is 7.33. The van der Waals surface area contributed by atoms with Crippen LogP contribution in [0, 0.1) is 11.3 Å². The molecule has 1 N–H and O–H groups in total. The lowest BCUT2D eigenvalue weighted by molar-refractivity contribution is -0.137. The molecule has 1 aromatic rings. The van der Waals surface area contributed by atoms with Crippen molar-refractivity contribution in [2.24, 2.45) is 0 Å². The quantitative estimate of drug-likeness (QED) is 0.408. The molecule has 1 amide bonds. The van der Waals surface area contributed by atoms with Crippen LogP contribution in [0.4, 0.5) is 13.2 Å². The first-order valence-corrected chi connectivity index (χ1v) is 10.0. The maximum atomic E-state index is 12.8. The van der Waals surface area contributed by atoms with Crippen molar-refractivity contribution in [3.8, 4) is 6.07 Å². The van der Waals surface area contributed by atoms with Crippen LogP contribution in [0.15, 0.2) is 36.1 Å². The molecule has 0 bridgehead atoms. The average molecular weight is 408 g/mol. The van der Waals surface area contributed by atoms with Gasteiger partial charge < -0.3 is 10.0 Å². The number of halogens is 3. The van der Waals surface area contributed by atoms with Gasteiger partial charge in [-0.3, -0.25) is 4.79 Å². The zero-order valence-electron chi connectivity index (χ0n) is 16.4. The lowest BCUT2D eigenvalue weighted by atomic mass is 10.0. The largest absolute Gasteiger partial charge is 0.510 e.